The van der Waals surface area contributed by atoms with Crippen molar-refractivity contribution in [3.63, 3.8) is 0 Å². The summed E-state index contributed by atoms with van der Waals surface area (Å²) < 4.78 is 12.8. The SMILES string of the molecule is C=CCN(C(=O)C1N([C@H](CO)c2ccccc2)C(=O)[C@@H]2[C@@H](C(=O)N(CC=C)c3ccc(OCC)cc3)[C@]3(C)OC12CC3C)c1ccc2ccccc2c1. The van der Waals surface area contributed by atoms with E-state index in [9.17, 15) is 5.11 Å². The van der Waals surface area contributed by atoms with Gasteiger partial charge in [0, 0.05) is 24.5 Å². The van der Waals surface area contributed by atoms with Crippen LogP contribution in [-0.4, -0.2) is 71.3 Å². The summed E-state index contributed by atoms with van der Waals surface area (Å²) in [7, 11) is 0. The lowest BCUT2D eigenvalue weighted by Crippen LogP contribution is -2.57. The molecule has 9 heteroatoms. The molecule has 0 aliphatic carbocycles. The molecule has 3 saturated heterocycles. The summed E-state index contributed by atoms with van der Waals surface area (Å²) in [5, 5.41) is 13.0. The lowest BCUT2D eigenvalue weighted by molar-refractivity contribution is -0.149. The first-order chi connectivity index (χ1) is 25.6. The van der Waals surface area contributed by atoms with E-state index in [0.29, 0.717) is 35.7 Å². The number of aliphatic hydroxyl groups is 1. The minimum atomic E-state index is -1.35. The number of benzene rings is 4. The quantitative estimate of drug-likeness (QED) is 0.155. The molecular formula is C44H47N3O6. The Morgan fingerprint density at radius 3 is 2.19 bits per heavy atom. The third-order valence-corrected chi connectivity index (χ3v) is 11.6. The van der Waals surface area contributed by atoms with Crippen LogP contribution in [0.5, 0.6) is 5.75 Å². The molecule has 9 nitrogen and oxygen atoms in total. The van der Waals surface area contributed by atoms with E-state index in [4.69, 9.17) is 9.47 Å². The summed E-state index contributed by atoms with van der Waals surface area (Å²) in [6, 6.07) is 28.2. The molecular weight excluding hydrogens is 666 g/mol. The molecule has 3 amide bonds. The topological polar surface area (TPSA) is 99.6 Å². The Balaban J connectivity index is 1.37. The van der Waals surface area contributed by atoms with E-state index in [1.54, 1.807) is 22.0 Å². The van der Waals surface area contributed by atoms with Crippen molar-refractivity contribution in [1.29, 1.82) is 0 Å². The van der Waals surface area contributed by atoms with E-state index in [-0.39, 0.29) is 36.7 Å². The smallest absolute Gasteiger partial charge is 0.253 e. The van der Waals surface area contributed by atoms with Gasteiger partial charge in [0.15, 0.2) is 0 Å². The van der Waals surface area contributed by atoms with E-state index >= 15 is 14.4 Å². The second-order valence-corrected chi connectivity index (χ2v) is 14.5. The van der Waals surface area contributed by atoms with Crippen molar-refractivity contribution in [1.82, 2.24) is 4.90 Å². The van der Waals surface area contributed by atoms with E-state index in [1.807, 2.05) is 118 Å². The molecule has 7 rings (SSSR count). The van der Waals surface area contributed by atoms with Gasteiger partial charge in [-0.25, -0.2) is 0 Å². The second kappa shape index (κ2) is 14.3. The predicted octanol–water partition coefficient (Wildman–Crippen LogP) is 6.72. The summed E-state index contributed by atoms with van der Waals surface area (Å²) in [6.07, 6.45) is 3.71. The fraction of sp³-hybridized carbons (Fsp3) is 0.341. The van der Waals surface area contributed by atoms with Crippen molar-refractivity contribution in [3.05, 3.63) is 128 Å². The highest BCUT2D eigenvalue weighted by Gasteiger charge is 2.80. The van der Waals surface area contributed by atoms with Crippen LogP contribution in [0.3, 0.4) is 0 Å². The zero-order chi connectivity index (χ0) is 37.5. The van der Waals surface area contributed by atoms with Crippen LogP contribution in [0.2, 0.25) is 0 Å². The molecule has 4 aromatic carbocycles. The number of nitrogens with zero attached hydrogens (tertiary/aromatic N) is 3. The molecule has 3 aliphatic heterocycles. The third kappa shape index (κ3) is 5.83. The van der Waals surface area contributed by atoms with Crippen molar-refractivity contribution in [2.75, 3.05) is 36.1 Å². The van der Waals surface area contributed by atoms with Gasteiger partial charge in [-0.3, -0.25) is 14.4 Å². The minimum Gasteiger partial charge on any atom is -0.494 e. The highest BCUT2D eigenvalue weighted by atomic mass is 16.5. The van der Waals surface area contributed by atoms with Gasteiger partial charge in [0.25, 0.3) is 5.91 Å². The molecule has 3 heterocycles. The van der Waals surface area contributed by atoms with Crippen LogP contribution in [0.15, 0.2) is 122 Å². The second-order valence-electron chi connectivity index (χ2n) is 14.5. The van der Waals surface area contributed by atoms with E-state index < -0.39 is 41.7 Å². The number of amides is 3. The van der Waals surface area contributed by atoms with Gasteiger partial charge in [0.2, 0.25) is 11.8 Å². The largest absolute Gasteiger partial charge is 0.494 e. The molecule has 3 aliphatic rings. The monoisotopic (exact) mass is 713 g/mol. The number of carbonyl (C=O) groups is 3. The Kier molecular flexibility index (Phi) is 9.74. The molecule has 0 saturated carbocycles. The van der Waals surface area contributed by atoms with E-state index in [2.05, 4.69) is 13.2 Å². The van der Waals surface area contributed by atoms with Gasteiger partial charge in [-0.15, -0.1) is 13.2 Å². The number of anilines is 2. The fourth-order valence-electron chi connectivity index (χ4n) is 9.15. The highest BCUT2D eigenvalue weighted by molar-refractivity contribution is 6.07. The Labute approximate surface area is 311 Å². The summed E-state index contributed by atoms with van der Waals surface area (Å²) in [6.45, 7) is 14.2. The summed E-state index contributed by atoms with van der Waals surface area (Å²) in [4.78, 5) is 50.6. The van der Waals surface area contributed by atoms with Gasteiger partial charge in [-0.2, -0.15) is 0 Å². The highest BCUT2D eigenvalue weighted by Crippen LogP contribution is 2.66. The van der Waals surface area contributed by atoms with Gasteiger partial charge in [-0.05, 0) is 78.9 Å². The van der Waals surface area contributed by atoms with Gasteiger partial charge in [0.05, 0.1) is 36.7 Å². The lowest BCUT2D eigenvalue weighted by atomic mass is 9.62. The van der Waals surface area contributed by atoms with Crippen molar-refractivity contribution in [2.24, 2.45) is 17.8 Å². The molecule has 0 aromatic heterocycles. The van der Waals surface area contributed by atoms with Crippen LogP contribution in [0.4, 0.5) is 11.4 Å². The maximum atomic E-state index is 15.4. The lowest BCUT2D eigenvalue weighted by Gasteiger charge is -2.39. The van der Waals surface area contributed by atoms with Gasteiger partial charge >= 0.3 is 0 Å². The van der Waals surface area contributed by atoms with Crippen LogP contribution in [-0.2, 0) is 19.1 Å². The van der Waals surface area contributed by atoms with Crippen molar-refractivity contribution in [3.8, 4) is 5.75 Å². The van der Waals surface area contributed by atoms with Gasteiger partial charge in [0.1, 0.15) is 17.4 Å². The molecule has 1 N–H and O–H groups in total. The first-order valence-electron chi connectivity index (χ1n) is 18.4. The average Bonchev–Trinajstić information content (AvgIpc) is 3.69. The molecule has 1 spiro atoms. The van der Waals surface area contributed by atoms with Crippen LogP contribution < -0.4 is 14.5 Å². The Morgan fingerprint density at radius 1 is 0.925 bits per heavy atom. The van der Waals surface area contributed by atoms with E-state index in [1.165, 1.54) is 4.90 Å². The number of rotatable bonds is 13. The standard InChI is InChI=1S/C44H47N3O6/c1-6-24-45(33-20-22-35(23-21-33)52-8-3)40(49)37-38-41(50)47(36(28-48)31-15-10-9-11-16-31)39(44(38)27-29(4)43(37,5)53-44)42(51)46(25-7-2)34-19-18-30-14-12-13-17-32(30)26-34/h6-7,9-23,26,29,36-39,48H,1-2,8,24-25,27-28H2,3-5H3/t29?,36-,37+,38+,39?,43-,44?/m1/s1. The first-order valence-corrected chi connectivity index (χ1v) is 18.4. The van der Waals surface area contributed by atoms with Crippen LogP contribution in [0.1, 0.15) is 38.8 Å². The summed E-state index contributed by atoms with van der Waals surface area (Å²) in [5.41, 5.74) is -0.446. The predicted molar refractivity (Wildman–Crippen MR) is 207 cm³/mol. The number of carbonyl (C=O) groups excluding carboxylic acids is 3. The van der Waals surface area contributed by atoms with Crippen molar-refractivity contribution < 1.29 is 29.0 Å². The first kappa shape index (κ1) is 36.1. The van der Waals surface area contributed by atoms with E-state index in [0.717, 1.165) is 10.8 Å². The Bertz CT molecular complexity index is 2030. The molecule has 7 atom stereocenters. The molecule has 0 radical (unpaired) electrons. The zero-order valence-electron chi connectivity index (χ0n) is 30.6. The van der Waals surface area contributed by atoms with Crippen LogP contribution in [0, 0.1) is 17.8 Å². The number of fused-ring (bicyclic) bond motifs is 2. The molecule has 3 unspecified atom stereocenters. The van der Waals surface area contributed by atoms with Crippen LogP contribution >= 0.6 is 0 Å². The van der Waals surface area contributed by atoms with Crippen LogP contribution in [0.25, 0.3) is 10.8 Å². The molecule has 53 heavy (non-hydrogen) atoms. The molecule has 3 fully saturated rings. The summed E-state index contributed by atoms with van der Waals surface area (Å²) in [5.74, 6) is -2.44. The minimum absolute atomic E-state index is 0.172. The average molecular weight is 714 g/mol. The molecule has 2 bridgehead atoms. The third-order valence-electron chi connectivity index (χ3n) is 11.6. The number of hydrogen-bond donors (Lipinski definition) is 1. The number of aliphatic hydroxyl groups excluding tert-OH is 1. The number of hydrogen-bond acceptors (Lipinski definition) is 6. The fourth-order valence-corrected chi connectivity index (χ4v) is 9.15. The van der Waals surface area contributed by atoms with Crippen molar-refractivity contribution in [2.45, 2.75) is 50.5 Å². The zero-order valence-corrected chi connectivity index (χ0v) is 30.6. The van der Waals surface area contributed by atoms with Gasteiger partial charge in [-0.1, -0.05) is 79.7 Å². The summed E-state index contributed by atoms with van der Waals surface area (Å²) >= 11 is 0. The number of ether oxygens (including phenoxy) is 2. The molecule has 274 valence electrons. The molecule has 4 aromatic rings. The Hall–Kier alpha value is -5.25. The van der Waals surface area contributed by atoms with Crippen molar-refractivity contribution >= 4 is 39.9 Å². The normalized spacial score (nSPS) is 26.3. The van der Waals surface area contributed by atoms with Gasteiger partial charge < -0.3 is 29.3 Å². The maximum Gasteiger partial charge on any atom is 0.253 e. The number of likely N-dealkylation sites (tertiary alicyclic amines) is 1. The Morgan fingerprint density at radius 2 is 1.55 bits per heavy atom. The maximum absolute atomic E-state index is 15.4.